The third kappa shape index (κ3) is 3.12. The molecule has 0 radical (unpaired) electrons. The summed E-state index contributed by atoms with van der Waals surface area (Å²) in [5, 5.41) is 9.88. The molecule has 96 valence electrons. The van der Waals surface area contributed by atoms with E-state index in [9.17, 15) is 9.59 Å². The second-order valence-electron chi connectivity index (χ2n) is 3.66. The first kappa shape index (κ1) is 12.7. The molecule has 0 spiro atoms. The van der Waals surface area contributed by atoms with Crippen molar-refractivity contribution in [1.82, 2.24) is 10.2 Å². The lowest BCUT2D eigenvalue weighted by Gasteiger charge is -2.06. The predicted octanol–water partition coefficient (Wildman–Crippen LogP) is 1.52. The monoisotopic (exact) mass is 257 g/mol. The molecule has 0 aliphatic rings. The van der Waals surface area contributed by atoms with E-state index in [4.69, 9.17) is 0 Å². The zero-order valence-corrected chi connectivity index (χ0v) is 10.2. The Labute approximate surface area is 109 Å². The summed E-state index contributed by atoms with van der Waals surface area (Å²) in [6.07, 6.45) is 2.79. The number of amides is 1. The van der Waals surface area contributed by atoms with Gasteiger partial charge in [0.2, 0.25) is 0 Å². The maximum absolute atomic E-state index is 11.9. The number of ether oxygens (including phenoxy) is 1. The average Bonchev–Trinajstić information content (AvgIpc) is 2.47. The normalized spacial score (nSPS) is 9.74. The van der Waals surface area contributed by atoms with Gasteiger partial charge in [0, 0.05) is 5.69 Å². The van der Waals surface area contributed by atoms with Crippen LogP contribution >= 0.6 is 0 Å². The lowest BCUT2D eigenvalue weighted by Crippen LogP contribution is -2.13. The minimum Gasteiger partial charge on any atom is -0.465 e. The van der Waals surface area contributed by atoms with Crippen molar-refractivity contribution in [2.45, 2.75) is 0 Å². The molecule has 1 aromatic heterocycles. The maximum Gasteiger partial charge on any atom is 0.337 e. The Hall–Kier alpha value is -2.76. The fraction of sp³-hybridized carbons (Fsp3) is 0.0769. The third-order valence-corrected chi connectivity index (χ3v) is 2.39. The number of nitrogens with one attached hydrogen (secondary N) is 1. The molecular weight excluding hydrogens is 246 g/mol. The van der Waals surface area contributed by atoms with Gasteiger partial charge in [0.1, 0.15) is 0 Å². The van der Waals surface area contributed by atoms with Crippen molar-refractivity contribution in [1.29, 1.82) is 0 Å². The Morgan fingerprint density at radius 3 is 2.68 bits per heavy atom. The van der Waals surface area contributed by atoms with Crippen molar-refractivity contribution in [2.24, 2.45) is 0 Å². The number of carbonyl (C=O) groups excluding carboxylic acids is 2. The Morgan fingerprint density at radius 2 is 2.00 bits per heavy atom. The second-order valence-corrected chi connectivity index (χ2v) is 3.66. The third-order valence-electron chi connectivity index (χ3n) is 2.39. The Bertz CT molecular complexity index is 599. The molecular formula is C13H11N3O3. The quantitative estimate of drug-likeness (QED) is 0.843. The van der Waals surface area contributed by atoms with Gasteiger partial charge in [-0.05, 0) is 24.3 Å². The lowest BCUT2D eigenvalue weighted by atomic mass is 10.2. The molecule has 6 heteroatoms. The van der Waals surface area contributed by atoms with E-state index in [1.807, 2.05) is 0 Å². The van der Waals surface area contributed by atoms with Gasteiger partial charge in [0.05, 0.1) is 30.6 Å². The minimum atomic E-state index is -0.457. The van der Waals surface area contributed by atoms with Gasteiger partial charge in [-0.1, -0.05) is 6.07 Å². The van der Waals surface area contributed by atoms with Gasteiger partial charge < -0.3 is 10.1 Å². The van der Waals surface area contributed by atoms with Crippen molar-refractivity contribution < 1.29 is 14.3 Å². The van der Waals surface area contributed by atoms with Crippen LogP contribution in [0.15, 0.2) is 42.7 Å². The highest BCUT2D eigenvalue weighted by Gasteiger charge is 2.09. The molecule has 0 unspecified atom stereocenters. The SMILES string of the molecule is COC(=O)c1cccc(NC(=O)c2ccnnc2)c1. The van der Waals surface area contributed by atoms with Crippen molar-refractivity contribution >= 4 is 17.6 Å². The summed E-state index contributed by atoms with van der Waals surface area (Å²) in [7, 11) is 1.30. The zero-order valence-electron chi connectivity index (χ0n) is 10.2. The Balaban J connectivity index is 2.16. The summed E-state index contributed by atoms with van der Waals surface area (Å²) in [5.41, 5.74) is 1.26. The molecule has 1 heterocycles. The van der Waals surface area contributed by atoms with Gasteiger partial charge in [0.25, 0.3) is 5.91 Å². The van der Waals surface area contributed by atoms with Crippen molar-refractivity contribution in [3.05, 3.63) is 53.9 Å². The van der Waals surface area contributed by atoms with E-state index in [1.54, 1.807) is 30.3 Å². The number of nitrogens with zero attached hydrogens (tertiary/aromatic N) is 2. The summed E-state index contributed by atoms with van der Waals surface area (Å²) in [4.78, 5) is 23.2. The Morgan fingerprint density at radius 1 is 1.16 bits per heavy atom. The van der Waals surface area contributed by atoms with E-state index < -0.39 is 5.97 Å². The minimum absolute atomic E-state index is 0.322. The molecule has 0 saturated heterocycles. The number of rotatable bonds is 3. The first-order valence-corrected chi connectivity index (χ1v) is 5.47. The largest absolute Gasteiger partial charge is 0.465 e. The fourth-order valence-electron chi connectivity index (χ4n) is 1.47. The van der Waals surface area contributed by atoms with Crippen molar-refractivity contribution in [3.8, 4) is 0 Å². The van der Waals surface area contributed by atoms with E-state index in [0.717, 1.165) is 0 Å². The van der Waals surface area contributed by atoms with Gasteiger partial charge >= 0.3 is 5.97 Å². The number of hydrogen-bond acceptors (Lipinski definition) is 5. The number of hydrogen-bond donors (Lipinski definition) is 1. The smallest absolute Gasteiger partial charge is 0.337 e. The highest BCUT2D eigenvalue weighted by atomic mass is 16.5. The summed E-state index contributed by atoms with van der Waals surface area (Å²) in [6, 6.07) is 8.03. The molecule has 19 heavy (non-hydrogen) atoms. The van der Waals surface area contributed by atoms with Crippen LogP contribution in [-0.2, 0) is 4.74 Å². The van der Waals surface area contributed by atoms with Crippen LogP contribution in [0.3, 0.4) is 0 Å². The topological polar surface area (TPSA) is 81.2 Å². The molecule has 0 atom stereocenters. The van der Waals surface area contributed by atoms with Gasteiger partial charge in [-0.15, -0.1) is 0 Å². The van der Waals surface area contributed by atoms with E-state index in [2.05, 4.69) is 20.3 Å². The first-order valence-electron chi connectivity index (χ1n) is 5.47. The lowest BCUT2D eigenvalue weighted by molar-refractivity contribution is 0.0600. The summed E-state index contributed by atoms with van der Waals surface area (Å²) in [5.74, 6) is -0.779. The number of aromatic nitrogens is 2. The molecule has 1 N–H and O–H groups in total. The van der Waals surface area contributed by atoms with Crippen LogP contribution in [0.2, 0.25) is 0 Å². The van der Waals surface area contributed by atoms with Gasteiger partial charge in [-0.2, -0.15) is 10.2 Å². The molecule has 2 aromatic rings. The zero-order chi connectivity index (χ0) is 13.7. The summed E-state index contributed by atoms with van der Waals surface area (Å²) in [6.45, 7) is 0. The van der Waals surface area contributed by atoms with Crippen molar-refractivity contribution in [3.63, 3.8) is 0 Å². The van der Waals surface area contributed by atoms with Crippen LogP contribution in [0, 0.1) is 0 Å². The summed E-state index contributed by atoms with van der Waals surface area (Å²) >= 11 is 0. The standard InChI is InChI=1S/C13H11N3O3/c1-19-13(18)9-3-2-4-11(7-9)16-12(17)10-5-6-14-15-8-10/h2-8H,1H3,(H,16,17). The maximum atomic E-state index is 11.9. The number of anilines is 1. The van der Waals surface area contributed by atoms with Gasteiger partial charge in [0.15, 0.2) is 0 Å². The summed E-state index contributed by atoms with van der Waals surface area (Å²) < 4.78 is 4.61. The van der Waals surface area contributed by atoms with Crippen LogP contribution in [0.25, 0.3) is 0 Å². The van der Waals surface area contributed by atoms with Crippen LogP contribution < -0.4 is 5.32 Å². The van der Waals surface area contributed by atoms with Gasteiger partial charge in [-0.3, -0.25) is 4.79 Å². The average molecular weight is 257 g/mol. The van der Waals surface area contributed by atoms with E-state index >= 15 is 0 Å². The molecule has 1 amide bonds. The number of esters is 1. The molecule has 0 aliphatic heterocycles. The van der Waals surface area contributed by atoms with E-state index in [1.165, 1.54) is 19.5 Å². The molecule has 0 bridgehead atoms. The fourth-order valence-corrected chi connectivity index (χ4v) is 1.47. The van der Waals surface area contributed by atoms with E-state index in [0.29, 0.717) is 16.8 Å². The van der Waals surface area contributed by atoms with Crippen molar-refractivity contribution in [2.75, 3.05) is 12.4 Å². The molecule has 1 aromatic carbocycles. The molecule has 0 aliphatic carbocycles. The first-order chi connectivity index (χ1) is 9.20. The highest BCUT2D eigenvalue weighted by molar-refractivity contribution is 6.04. The number of benzene rings is 1. The van der Waals surface area contributed by atoms with Crippen LogP contribution in [-0.4, -0.2) is 29.2 Å². The molecule has 6 nitrogen and oxygen atoms in total. The molecule has 0 fully saturated rings. The molecule has 0 saturated carbocycles. The van der Waals surface area contributed by atoms with Gasteiger partial charge in [-0.25, -0.2) is 4.79 Å². The second kappa shape index (κ2) is 5.72. The van der Waals surface area contributed by atoms with E-state index in [-0.39, 0.29) is 5.91 Å². The molecule has 2 rings (SSSR count). The number of carbonyl (C=O) groups is 2. The Kier molecular flexibility index (Phi) is 3.82. The highest BCUT2D eigenvalue weighted by Crippen LogP contribution is 2.12. The van der Waals surface area contributed by atoms with Crippen LogP contribution in [0.5, 0.6) is 0 Å². The van der Waals surface area contributed by atoms with Crippen LogP contribution in [0.1, 0.15) is 20.7 Å². The number of methoxy groups -OCH3 is 1. The predicted molar refractivity (Wildman–Crippen MR) is 67.8 cm³/mol. The van der Waals surface area contributed by atoms with Crippen LogP contribution in [0.4, 0.5) is 5.69 Å².